The first kappa shape index (κ1) is 15.3. The fourth-order valence-corrected chi connectivity index (χ4v) is 1.87. The molecule has 0 saturated heterocycles. The molecule has 0 bridgehead atoms. The van der Waals surface area contributed by atoms with Crippen molar-refractivity contribution in [3.8, 4) is 0 Å². The van der Waals surface area contributed by atoms with E-state index in [4.69, 9.17) is 10.5 Å². The van der Waals surface area contributed by atoms with Gasteiger partial charge in [0.15, 0.2) is 0 Å². The first-order valence-corrected chi connectivity index (χ1v) is 6.14. The van der Waals surface area contributed by atoms with Gasteiger partial charge < -0.3 is 10.5 Å². The first-order chi connectivity index (χ1) is 9.88. The Hall–Kier alpha value is -2.08. The second kappa shape index (κ2) is 6.13. The highest BCUT2D eigenvalue weighted by Crippen LogP contribution is 2.33. The predicted molar refractivity (Wildman–Crippen MR) is 70.7 cm³/mol. The van der Waals surface area contributed by atoms with Gasteiger partial charge in [-0.05, 0) is 23.8 Å². The van der Waals surface area contributed by atoms with Crippen LogP contribution < -0.4 is 5.73 Å². The van der Waals surface area contributed by atoms with Gasteiger partial charge in [-0.25, -0.2) is 4.39 Å². The van der Waals surface area contributed by atoms with Crippen molar-refractivity contribution >= 4 is 5.69 Å². The molecule has 0 radical (unpaired) electrons. The molecule has 0 amide bonds. The highest BCUT2D eigenvalue weighted by molar-refractivity contribution is 5.45. The maximum atomic E-state index is 13.4. The minimum Gasteiger partial charge on any atom is -0.399 e. The van der Waals surface area contributed by atoms with E-state index in [-0.39, 0.29) is 24.5 Å². The summed E-state index contributed by atoms with van der Waals surface area (Å²) in [5, 5.41) is 0. The third-order valence-electron chi connectivity index (χ3n) is 2.91. The Morgan fingerprint density at radius 3 is 2.29 bits per heavy atom. The summed E-state index contributed by atoms with van der Waals surface area (Å²) in [6.07, 6.45) is -4.51. The van der Waals surface area contributed by atoms with Gasteiger partial charge in [0.1, 0.15) is 5.82 Å². The number of nitrogen functional groups attached to an aromatic ring is 1. The van der Waals surface area contributed by atoms with Crippen molar-refractivity contribution in [1.29, 1.82) is 0 Å². The van der Waals surface area contributed by atoms with Crippen molar-refractivity contribution in [2.24, 2.45) is 0 Å². The molecule has 112 valence electrons. The molecule has 0 atom stereocenters. The molecule has 0 heterocycles. The lowest BCUT2D eigenvalue weighted by atomic mass is 10.1. The van der Waals surface area contributed by atoms with Crippen LogP contribution in [0.4, 0.5) is 23.2 Å². The molecule has 0 unspecified atom stereocenters. The number of hydrogen-bond donors (Lipinski definition) is 1. The highest BCUT2D eigenvalue weighted by Gasteiger charge is 2.33. The molecule has 21 heavy (non-hydrogen) atoms. The summed E-state index contributed by atoms with van der Waals surface area (Å²) >= 11 is 0. The van der Waals surface area contributed by atoms with Crippen molar-refractivity contribution in [1.82, 2.24) is 0 Å². The lowest BCUT2D eigenvalue weighted by molar-refractivity contribution is -0.138. The van der Waals surface area contributed by atoms with Crippen LogP contribution in [0.25, 0.3) is 0 Å². The predicted octanol–water partition coefficient (Wildman–Crippen LogP) is 4.14. The number of alkyl halides is 3. The van der Waals surface area contributed by atoms with Gasteiger partial charge in [-0.1, -0.05) is 24.3 Å². The number of ether oxygens (including phenoxy) is 1. The van der Waals surface area contributed by atoms with E-state index in [9.17, 15) is 17.6 Å². The molecule has 0 spiro atoms. The largest absolute Gasteiger partial charge is 0.416 e. The van der Waals surface area contributed by atoms with Crippen LogP contribution in [0.1, 0.15) is 16.7 Å². The zero-order chi connectivity index (χ0) is 15.5. The molecule has 0 fully saturated rings. The van der Waals surface area contributed by atoms with E-state index in [0.29, 0.717) is 5.56 Å². The van der Waals surface area contributed by atoms with E-state index >= 15 is 0 Å². The molecule has 2 rings (SSSR count). The Labute approximate surface area is 119 Å². The van der Waals surface area contributed by atoms with Gasteiger partial charge in [-0.15, -0.1) is 0 Å². The molecule has 2 aromatic rings. The van der Waals surface area contributed by atoms with Crippen LogP contribution in [0.2, 0.25) is 0 Å². The van der Waals surface area contributed by atoms with Crippen molar-refractivity contribution in [3.63, 3.8) is 0 Å². The Bertz CT molecular complexity index is 625. The molecular formula is C15H13F4NO. The topological polar surface area (TPSA) is 35.2 Å². The van der Waals surface area contributed by atoms with Crippen molar-refractivity contribution in [2.45, 2.75) is 19.4 Å². The van der Waals surface area contributed by atoms with Crippen molar-refractivity contribution in [2.75, 3.05) is 5.73 Å². The van der Waals surface area contributed by atoms with Gasteiger partial charge in [0.25, 0.3) is 0 Å². The SMILES string of the molecule is Nc1ccc(COCc2ccccc2F)c(C(F)(F)F)c1. The summed E-state index contributed by atoms with van der Waals surface area (Å²) in [6.45, 7) is -0.377. The molecule has 2 N–H and O–H groups in total. The average Bonchev–Trinajstić information content (AvgIpc) is 2.41. The smallest absolute Gasteiger partial charge is 0.399 e. The fraction of sp³-hybridized carbons (Fsp3) is 0.200. The number of halogens is 4. The summed E-state index contributed by atoms with van der Waals surface area (Å²) in [7, 11) is 0. The van der Waals surface area contributed by atoms with Crippen molar-refractivity contribution < 1.29 is 22.3 Å². The summed E-state index contributed by atoms with van der Waals surface area (Å²) in [5.41, 5.74) is 4.82. The second-order valence-electron chi connectivity index (χ2n) is 4.50. The molecule has 2 aromatic carbocycles. The van der Waals surface area contributed by atoms with E-state index < -0.39 is 17.6 Å². The van der Waals surface area contributed by atoms with Crippen LogP contribution >= 0.6 is 0 Å². The first-order valence-electron chi connectivity index (χ1n) is 6.14. The fourth-order valence-electron chi connectivity index (χ4n) is 1.87. The average molecular weight is 299 g/mol. The van der Waals surface area contributed by atoms with Gasteiger partial charge in [-0.3, -0.25) is 0 Å². The van der Waals surface area contributed by atoms with Gasteiger partial charge in [-0.2, -0.15) is 13.2 Å². The third kappa shape index (κ3) is 3.95. The van der Waals surface area contributed by atoms with Crippen LogP contribution in [-0.2, 0) is 24.1 Å². The van der Waals surface area contributed by atoms with Crippen LogP contribution in [0.3, 0.4) is 0 Å². The molecular weight excluding hydrogens is 286 g/mol. The summed E-state index contributed by atoms with van der Waals surface area (Å²) in [4.78, 5) is 0. The van der Waals surface area contributed by atoms with E-state index in [1.807, 2.05) is 0 Å². The molecule has 0 aliphatic heterocycles. The minimum atomic E-state index is -4.51. The Morgan fingerprint density at radius 2 is 1.62 bits per heavy atom. The number of anilines is 1. The van der Waals surface area contributed by atoms with E-state index in [0.717, 1.165) is 6.07 Å². The number of nitrogens with two attached hydrogens (primary N) is 1. The lowest BCUT2D eigenvalue weighted by Crippen LogP contribution is -2.11. The number of rotatable bonds is 4. The molecule has 6 heteroatoms. The van der Waals surface area contributed by atoms with Gasteiger partial charge in [0.05, 0.1) is 18.8 Å². The Balaban J connectivity index is 2.09. The normalized spacial score (nSPS) is 11.6. The number of benzene rings is 2. The highest BCUT2D eigenvalue weighted by atomic mass is 19.4. The quantitative estimate of drug-likeness (QED) is 0.680. The third-order valence-corrected chi connectivity index (χ3v) is 2.91. The van der Waals surface area contributed by atoms with Gasteiger partial charge >= 0.3 is 6.18 Å². The molecule has 0 saturated carbocycles. The Morgan fingerprint density at radius 1 is 0.952 bits per heavy atom. The maximum Gasteiger partial charge on any atom is 0.416 e. The van der Waals surface area contributed by atoms with Gasteiger partial charge in [0.2, 0.25) is 0 Å². The standard InChI is InChI=1S/C15H13F4NO/c16-14-4-2-1-3-11(14)9-21-8-10-5-6-12(20)7-13(10)15(17,18)19/h1-7H,8-9,20H2. The lowest BCUT2D eigenvalue weighted by Gasteiger charge is -2.14. The summed E-state index contributed by atoms with van der Waals surface area (Å²) in [5.74, 6) is -0.453. The molecule has 0 aliphatic rings. The summed E-state index contributed by atoms with van der Waals surface area (Å²) < 4.78 is 57.2. The second-order valence-corrected chi connectivity index (χ2v) is 4.50. The summed E-state index contributed by atoms with van der Waals surface area (Å²) in [6, 6.07) is 9.44. The number of hydrogen-bond acceptors (Lipinski definition) is 2. The minimum absolute atomic E-state index is 0.0279. The van der Waals surface area contributed by atoms with Crippen LogP contribution in [0.15, 0.2) is 42.5 Å². The zero-order valence-electron chi connectivity index (χ0n) is 11.0. The molecule has 0 aliphatic carbocycles. The van der Waals surface area contributed by atoms with E-state index in [1.165, 1.54) is 30.3 Å². The van der Waals surface area contributed by atoms with Crippen molar-refractivity contribution in [3.05, 3.63) is 65.0 Å². The Kier molecular flexibility index (Phi) is 4.47. The van der Waals surface area contributed by atoms with Crippen LogP contribution in [-0.4, -0.2) is 0 Å². The monoisotopic (exact) mass is 299 g/mol. The van der Waals surface area contributed by atoms with Crippen LogP contribution in [0, 0.1) is 5.82 Å². The maximum absolute atomic E-state index is 13.4. The van der Waals surface area contributed by atoms with E-state index in [2.05, 4.69) is 0 Å². The van der Waals surface area contributed by atoms with Gasteiger partial charge in [0, 0.05) is 11.3 Å². The zero-order valence-corrected chi connectivity index (χ0v) is 11.0. The van der Waals surface area contributed by atoms with E-state index in [1.54, 1.807) is 6.07 Å². The van der Waals surface area contributed by atoms with Crippen LogP contribution in [0.5, 0.6) is 0 Å². The molecule has 0 aromatic heterocycles. The molecule has 2 nitrogen and oxygen atoms in total.